The van der Waals surface area contributed by atoms with Crippen LogP contribution in [-0.4, -0.2) is 30.0 Å². The number of aromatic amines is 1. The summed E-state index contributed by atoms with van der Waals surface area (Å²) in [6.45, 7) is -1.05. The minimum absolute atomic E-state index is 0.0755. The Bertz CT molecular complexity index is 1290. The third kappa shape index (κ3) is 4.08. The number of aromatic nitrogens is 3. The number of alkyl halides is 2. The minimum Gasteiger partial charge on any atom is -0.435 e. The molecule has 30 heavy (non-hydrogen) atoms. The molecule has 2 heterocycles. The lowest BCUT2D eigenvalue weighted by Crippen LogP contribution is -2.13. The lowest BCUT2D eigenvalue weighted by Gasteiger charge is -2.10. The van der Waals surface area contributed by atoms with E-state index in [-0.39, 0.29) is 10.6 Å². The molecule has 0 amide bonds. The number of benzene rings is 2. The number of anilines is 1. The molecule has 0 spiro atoms. The number of nitrogens with zero attached hydrogens (tertiary/aromatic N) is 2. The Hall–Kier alpha value is -3.53. The van der Waals surface area contributed by atoms with Gasteiger partial charge in [-0.15, -0.1) is 0 Å². The van der Waals surface area contributed by atoms with Gasteiger partial charge >= 0.3 is 6.61 Å². The molecule has 2 aromatic carbocycles. The topological polar surface area (TPSA) is 97.0 Å². The van der Waals surface area contributed by atoms with E-state index < -0.39 is 16.6 Å². The van der Waals surface area contributed by atoms with E-state index >= 15 is 0 Å². The van der Waals surface area contributed by atoms with Gasteiger partial charge in [-0.25, -0.2) is 18.4 Å². The van der Waals surface area contributed by atoms with Crippen LogP contribution in [0.1, 0.15) is 5.69 Å². The molecule has 4 rings (SSSR count). The Morgan fingerprint density at radius 1 is 1.03 bits per heavy atom. The van der Waals surface area contributed by atoms with Crippen molar-refractivity contribution in [2.24, 2.45) is 0 Å². The van der Waals surface area contributed by atoms with Gasteiger partial charge in [0.25, 0.3) is 10.0 Å². The number of halogens is 2. The van der Waals surface area contributed by atoms with Gasteiger partial charge in [-0.1, -0.05) is 12.1 Å². The largest absolute Gasteiger partial charge is 0.435 e. The van der Waals surface area contributed by atoms with Crippen LogP contribution < -0.4 is 9.46 Å². The fraction of sp³-hybridized carbons (Fsp3) is 0.100. The van der Waals surface area contributed by atoms with Crippen molar-refractivity contribution in [3.05, 3.63) is 66.6 Å². The van der Waals surface area contributed by atoms with Crippen molar-refractivity contribution >= 4 is 26.7 Å². The van der Waals surface area contributed by atoms with E-state index in [9.17, 15) is 17.2 Å². The predicted octanol–water partition coefficient (Wildman–Crippen LogP) is 4.34. The summed E-state index contributed by atoms with van der Waals surface area (Å²) in [7, 11) is -3.89. The molecule has 0 aliphatic rings. The van der Waals surface area contributed by atoms with Crippen LogP contribution in [0.5, 0.6) is 5.75 Å². The maximum Gasteiger partial charge on any atom is 0.387 e. The molecule has 0 fully saturated rings. The molecule has 0 atom stereocenters. The second kappa shape index (κ2) is 7.71. The van der Waals surface area contributed by atoms with Gasteiger partial charge in [0.05, 0.1) is 10.6 Å². The summed E-state index contributed by atoms with van der Waals surface area (Å²) in [5.74, 6) is -0.121. The van der Waals surface area contributed by atoms with Gasteiger partial charge in [-0.2, -0.15) is 8.78 Å². The standard InChI is InChI=1S/C20H16F2N4O3S/c1-12-10-17-18(23-11-24-19(17)25-12)13-2-4-14(5-3-13)26-30(27,28)16-8-6-15(7-9-16)29-20(21)22/h2-11,20,26H,1H3,(H,23,24,25). The molecule has 154 valence electrons. The number of aryl methyl sites for hydroxylation is 1. The van der Waals surface area contributed by atoms with Crippen molar-refractivity contribution in [2.75, 3.05) is 4.72 Å². The molecular weight excluding hydrogens is 414 g/mol. The fourth-order valence-corrected chi connectivity index (χ4v) is 4.07. The van der Waals surface area contributed by atoms with Crippen LogP contribution in [0.4, 0.5) is 14.5 Å². The van der Waals surface area contributed by atoms with E-state index in [4.69, 9.17) is 0 Å². The molecule has 2 aromatic heterocycles. The SMILES string of the molecule is Cc1cc2c(-c3ccc(NS(=O)(=O)c4ccc(OC(F)F)cc4)cc3)ncnc2[nH]1. The molecule has 10 heteroatoms. The number of rotatable bonds is 6. The zero-order valence-corrected chi connectivity index (χ0v) is 16.5. The number of hydrogen-bond acceptors (Lipinski definition) is 5. The quantitative estimate of drug-likeness (QED) is 0.474. The van der Waals surface area contributed by atoms with Gasteiger partial charge in [-0.05, 0) is 49.4 Å². The average Bonchev–Trinajstić information content (AvgIpc) is 3.08. The highest BCUT2D eigenvalue weighted by atomic mass is 32.2. The highest BCUT2D eigenvalue weighted by molar-refractivity contribution is 7.92. The highest BCUT2D eigenvalue weighted by Gasteiger charge is 2.15. The molecule has 0 unspecified atom stereocenters. The zero-order chi connectivity index (χ0) is 21.3. The van der Waals surface area contributed by atoms with Gasteiger partial charge in [0.15, 0.2) is 0 Å². The molecule has 0 aliphatic heterocycles. The first-order valence-corrected chi connectivity index (χ1v) is 10.3. The number of H-pyrrole nitrogens is 1. The van der Waals surface area contributed by atoms with Crippen LogP contribution in [0.15, 0.2) is 65.8 Å². The second-order valence-electron chi connectivity index (χ2n) is 6.47. The number of nitrogens with one attached hydrogen (secondary N) is 2. The van der Waals surface area contributed by atoms with Crippen LogP contribution in [0.25, 0.3) is 22.3 Å². The molecule has 0 saturated heterocycles. The van der Waals surface area contributed by atoms with Crippen LogP contribution in [0.2, 0.25) is 0 Å². The van der Waals surface area contributed by atoms with Gasteiger partial charge in [0, 0.05) is 22.3 Å². The zero-order valence-electron chi connectivity index (χ0n) is 15.6. The molecule has 7 nitrogen and oxygen atoms in total. The Morgan fingerprint density at radius 3 is 2.40 bits per heavy atom. The normalized spacial score (nSPS) is 11.7. The van der Waals surface area contributed by atoms with E-state index in [1.165, 1.54) is 30.6 Å². The van der Waals surface area contributed by atoms with Gasteiger partial charge in [-0.3, -0.25) is 4.72 Å². The first-order valence-electron chi connectivity index (χ1n) is 8.80. The smallest absolute Gasteiger partial charge is 0.387 e. The average molecular weight is 430 g/mol. The van der Waals surface area contributed by atoms with Crippen molar-refractivity contribution in [2.45, 2.75) is 18.4 Å². The summed E-state index contributed by atoms with van der Waals surface area (Å²) >= 11 is 0. The van der Waals surface area contributed by atoms with E-state index in [0.29, 0.717) is 5.69 Å². The Balaban J connectivity index is 1.55. The monoisotopic (exact) mass is 430 g/mol. The van der Waals surface area contributed by atoms with Crippen LogP contribution in [-0.2, 0) is 10.0 Å². The summed E-state index contributed by atoms with van der Waals surface area (Å²) in [5.41, 5.74) is 3.57. The number of ether oxygens (including phenoxy) is 1. The van der Waals surface area contributed by atoms with Crippen LogP contribution in [0.3, 0.4) is 0 Å². The Labute approximate surface area is 170 Å². The molecule has 4 aromatic rings. The van der Waals surface area contributed by atoms with E-state index in [0.717, 1.165) is 28.0 Å². The van der Waals surface area contributed by atoms with Crippen molar-refractivity contribution in [3.63, 3.8) is 0 Å². The van der Waals surface area contributed by atoms with Crippen LogP contribution >= 0.6 is 0 Å². The molecule has 0 saturated carbocycles. The molecule has 2 N–H and O–H groups in total. The van der Waals surface area contributed by atoms with E-state index in [2.05, 4.69) is 24.4 Å². The highest BCUT2D eigenvalue weighted by Crippen LogP contribution is 2.27. The maximum atomic E-state index is 12.5. The van der Waals surface area contributed by atoms with Gasteiger partial charge in [0.2, 0.25) is 0 Å². The van der Waals surface area contributed by atoms with E-state index in [1.54, 1.807) is 24.3 Å². The Kier molecular flexibility index (Phi) is 5.08. The molecule has 0 aliphatic carbocycles. The molecule has 0 radical (unpaired) electrons. The van der Waals surface area contributed by atoms with Crippen LogP contribution in [0, 0.1) is 6.92 Å². The predicted molar refractivity (Wildman–Crippen MR) is 108 cm³/mol. The summed E-state index contributed by atoms with van der Waals surface area (Å²) in [4.78, 5) is 11.6. The molecule has 0 bridgehead atoms. The van der Waals surface area contributed by atoms with Crippen molar-refractivity contribution in [1.82, 2.24) is 15.0 Å². The van der Waals surface area contributed by atoms with Gasteiger partial charge < -0.3 is 9.72 Å². The first-order chi connectivity index (χ1) is 14.3. The lowest BCUT2D eigenvalue weighted by molar-refractivity contribution is -0.0498. The minimum atomic E-state index is -3.89. The van der Waals surface area contributed by atoms with Crippen molar-refractivity contribution in [3.8, 4) is 17.0 Å². The fourth-order valence-electron chi connectivity index (χ4n) is 3.01. The van der Waals surface area contributed by atoms with Crippen molar-refractivity contribution < 1.29 is 21.9 Å². The summed E-state index contributed by atoms with van der Waals surface area (Å²) in [5, 5.41) is 0.870. The first kappa shape index (κ1) is 19.8. The summed E-state index contributed by atoms with van der Waals surface area (Å²) in [6, 6.07) is 13.4. The maximum absolute atomic E-state index is 12.5. The number of sulfonamides is 1. The second-order valence-corrected chi connectivity index (χ2v) is 8.15. The third-order valence-corrected chi connectivity index (χ3v) is 5.73. The number of hydrogen-bond donors (Lipinski definition) is 2. The lowest BCUT2D eigenvalue weighted by atomic mass is 10.1. The third-order valence-electron chi connectivity index (χ3n) is 4.33. The molecular formula is C20H16F2N4O3S. The van der Waals surface area contributed by atoms with Crippen molar-refractivity contribution in [1.29, 1.82) is 0 Å². The number of fused-ring (bicyclic) bond motifs is 1. The van der Waals surface area contributed by atoms with Gasteiger partial charge in [0.1, 0.15) is 17.7 Å². The Morgan fingerprint density at radius 2 is 1.73 bits per heavy atom. The van der Waals surface area contributed by atoms with E-state index in [1.807, 2.05) is 13.0 Å². The summed E-state index contributed by atoms with van der Waals surface area (Å²) < 4.78 is 56.2. The summed E-state index contributed by atoms with van der Waals surface area (Å²) in [6.07, 6.45) is 1.46.